The van der Waals surface area contributed by atoms with Crippen LogP contribution >= 0.6 is 0 Å². The molecule has 2 fully saturated rings. The van der Waals surface area contributed by atoms with E-state index in [2.05, 4.69) is 44.3 Å². The minimum atomic E-state index is -0.958. The lowest BCUT2D eigenvalue weighted by Crippen LogP contribution is -2.51. The maximum absolute atomic E-state index is 12.3. The number of amides is 1. The molecule has 2 aromatic heterocycles. The van der Waals surface area contributed by atoms with E-state index in [1.165, 1.54) is 16.0 Å². The fraction of sp³-hybridized carbons (Fsp3) is 0.658. The van der Waals surface area contributed by atoms with Crippen molar-refractivity contribution in [3.8, 4) is 0 Å². The Morgan fingerprint density at radius 2 is 1.41 bits per heavy atom. The molecule has 278 valence electrons. The maximum atomic E-state index is 12.3. The molecule has 0 aliphatic carbocycles. The molecular formula is C38H56N8O5. The van der Waals surface area contributed by atoms with E-state index in [9.17, 15) is 14.4 Å². The van der Waals surface area contributed by atoms with Gasteiger partial charge in [0.05, 0.1) is 19.1 Å². The Bertz CT molecular complexity index is 1500. The van der Waals surface area contributed by atoms with Crippen LogP contribution in [0.1, 0.15) is 79.9 Å². The second-order valence-corrected chi connectivity index (χ2v) is 14.7. The normalized spacial score (nSPS) is 20.2. The van der Waals surface area contributed by atoms with Crippen molar-refractivity contribution in [1.29, 1.82) is 0 Å². The molecule has 4 aliphatic heterocycles. The molecule has 0 spiro atoms. The van der Waals surface area contributed by atoms with Gasteiger partial charge in [0.25, 0.3) is 0 Å². The van der Waals surface area contributed by atoms with Crippen LogP contribution < -0.4 is 10.2 Å². The summed E-state index contributed by atoms with van der Waals surface area (Å²) in [6, 6.07) is 9.27. The summed E-state index contributed by atoms with van der Waals surface area (Å²) in [7, 11) is 0. The van der Waals surface area contributed by atoms with E-state index >= 15 is 0 Å². The summed E-state index contributed by atoms with van der Waals surface area (Å²) in [4.78, 5) is 55.1. The molecule has 0 aromatic carbocycles. The predicted molar refractivity (Wildman–Crippen MR) is 196 cm³/mol. The molecule has 3 N–H and O–H groups in total. The number of aliphatic carboxylic acids is 2. The van der Waals surface area contributed by atoms with Crippen LogP contribution in [-0.2, 0) is 33.6 Å². The zero-order valence-corrected chi connectivity index (χ0v) is 30.1. The van der Waals surface area contributed by atoms with Gasteiger partial charge in [-0.3, -0.25) is 24.2 Å². The third-order valence-corrected chi connectivity index (χ3v) is 10.9. The molecule has 2 aromatic rings. The van der Waals surface area contributed by atoms with Gasteiger partial charge in [-0.1, -0.05) is 25.0 Å². The molecule has 0 radical (unpaired) electrons. The van der Waals surface area contributed by atoms with Crippen molar-refractivity contribution >= 4 is 29.5 Å². The third kappa shape index (κ3) is 10.4. The molecule has 0 saturated carbocycles. The first-order valence-corrected chi connectivity index (χ1v) is 19.2. The number of anilines is 2. The zero-order valence-electron chi connectivity index (χ0n) is 30.1. The van der Waals surface area contributed by atoms with Crippen molar-refractivity contribution in [3.63, 3.8) is 0 Å². The van der Waals surface area contributed by atoms with Gasteiger partial charge in [0, 0.05) is 69.3 Å². The quantitative estimate of drug-likeness (QED) is 0.208. The van der Waals surface area contributed by atoms with E-state index in [-0.39, 0.29) is 25.0 Å². The minimum absolute atomic E-state index is 0.0926. The number of nitrogens with zero attached hydrogens (tertiary/aromatic N) is 7. The average Bonchev–Trinajstić information content (AvgIpc) is 3.12. The number of carbonyl (C=O) groups is 3. The summed E-state index contributed by atoms with van der Waals surface area (Å²) in [6.07, 6.45) is 11.7. The van der Waals surface area contributed by atoms with Crippen LogP contribution in [0.5, 0.6) is 0 Å². The van der Waals surface area contributed by atoms with Crippen LogP contribution in [0.3, 0.4) is 0 Å². The van der Waals surface area contributed by atoms with Crippen LogP contribution in [0, 0.1) is 0 Å². The molecule has 6 heterocycles. The number of carbonyl (C=O) groups excluding carboxylic acids is 1. The first-order valence-electron chi connectivity index (χ1n) is 19.2. The first-order chi connectivity index (χ1) is 24.8. The van der Waals surface area contributed by atoms with E-state index in [1.807, 2.05) is 4.90 Å². The average molecular weight is 705 g/mol. The van der Waals surface area contributed by atoms with Gasteiger partial charge in [-0.2, -0.15) is 0 Å². The van der Waals surface area contributed by atoms with Crippen molar-refractivity contribution < 1.29 is 24.6 Å². The molecular weight excluding hydrogens is 648 g/mol. The van der Waals surface area contributed by atoms with Gasteiger partial charge in [-0.25, -0.2) is 9.97 Å². The van der Waals surface area contributed by atoms with Crippen molar-refractivity contribution in [2.75, 3.05) is 95.3 Å². The van der Waals surface area contributed by atoms with Crippen molar-refractivity contribution in [2.24, 2.45) is 0 Å². The summed E-state index contributed by atoms with van der Waals surface area (Å²) >= 11 is 0. The number of nitrogens with one attached hydrogen (secondary N) is 1. The number of rotatable bonds is 17. The molecule has 1 atom stereocenters. The first kappa shape index (κ1) is 37.0. The van der Waals surface area contributed by atoms with Crippen molar-refractivity contribution in [2.45, 2.75) is 76.7 Å². The summed E-state index contributed by atoms with van der Waals surface area (Å²) < 4.78 is 0. The standard InChI is InChI=1S/C38H56N8O5/c47-34-26-43(24-25-45(34)28-36(50)51)18-6-2-4-10-31-12-11-29-8-7-19-46(38(29)41-31)33-15-16-39-37-32(33)14-13-30(40-37)9-3-1-5-17-42-20-22-44(23-21-42)27-35(48)49/h11-14,33H,1-10,15-28H2,(H,39,40)(H,48,49)(H,50,51). The van der Waals surface area contributed by atoms with Gasteiger partial charge in [0.2, 0.25) is 5.91 Å². The van der Waals surface area contributed by atoms with Gasteiger partial charge in [0.15, 0.2) is 0 Å². The predicted octanol–water partition coefficient (Wildman–Crippen LogP) is 3.14. The zero-order chi connectivity index (χ0) is 35.6. The fourth-order valence-electron chi connectivity index (χ4n) is 8.09. The van der Waals surface area contributed by atoms with E-state index < -0.39 is 11.9 Å². The number of hydrogen-bond acceptors (Lipinski definition) is 10. The SMILES string of the molecule is O=C(O)CN1CCN(CCCCCc2ccc3c(n2)NCCC3N2CCCc3ccc(CCCCCN4CCN(CC(=O)O)C(=O)C4)nc32)CC1. The Morgan fingerprint density at radius 3 is 2.14 bits per heavy atom. The molecule has 6 rings (SSSR count). The largest absolute Gasteiger partial charge is 0.480 e. The maximum Gasteiger partial charge on any atom is 0.323 e. The Labute approximate surface area is 302 Å². The topological polar surface area (TPSA) is 146 Å². The number of aryl methyl sites for hydroxylation is 3. The molecule has 1 unspecified atom stereocenters. The Morgan fingerprint density at radius 1 is 0.745 bits per heavy atom. The highest BCUT2D eigenvalue weighted by molar-refractivity contribution is 5.83. The van der Waals surface area contributed by atoms with Crippen LogP contribution in [0.4, 0.5) is 11.6 Å². The number of pyridine rings is 2. The summed E-state index contributed by atoms with van der Waals surface area (Å²) in [5.74, 6) is 0.373. The van der Waals surface area contributed by atoms with Crippen molar-refractivity contribution in [1.82, 2.24) is 29.6 Å². The second-order valence-electron chi connectivity index (χ2n) is 14.7. The molecule has 4 aliphatic rings. The highest BCUT2D eigenvalue weighted by Gasteiger charge is 2.31. The lowest BCUT2D eigenvalue weighted by atomic mass is 9.95. The van der Waals surface area contributed by atoms with E-state index in [0.29, 0.717) is 13.1 Å². The van der Waals surface area contributed by atoms with Crippen LogP contribution in [0.15, 0.2) is 24.3 Å². The summed E-state index contributed by atoms with van der Waals surface area (Å²) in [6.45, 7) is 8.90. The summed E-state index contributed by atoms with van der Waals surface area (Å²) in [5.41, 5.74) is 4.90. The third-order valence-electron chi connectivity index (χ3n) is 10.9. The Balaban J connectivity index is 0.949. The Kier molecular flexibility index (Phi) is 13.1. The van der Waals surface area contributed by atoms with Gasteiger partial charge in [0.1, 0.15) is 18.2 Å². The van der Waals surface area contributed by atoms with Gasteiger partial charge >= 0.3 is 11.9 Å². The van der Waals surface area contributed by atoms with Crippen LogP contribution in [0.25, 0.3) is 0 Å². The molecule has 51 heavy (non-hydrogen) atoms. The minimum Gasteiger partial charge on any atom is -0.480 e. The molecule has 13 nitrogen and oxygen atoms in total. The number of piperazine rings is 2. The number of aromatic nitrogens is 2. The molecule has 2 saturated heterocycles. The lowest BCUT2D eigenvalue weighted by Gasteiger charge is -2.40. The Hall–Kier alpha value is -3.81. The highest BCUT2D eigenvalue weighted by Crippen LogP contribution is 2.39. The number of hydrogen-bond donors (Lipinski definition) is 3. The molecule has 13 heteroatoms. The van der Waals surface area contributed by atoms with Gasteiger partial charge < -0.3 is 30.2 Å². The molecule has 0 bridgehead atoms. The summed E-state index contributed by atoms with van der Waals surface area (Å²) in [5, 5.41) is 21.6. The lowest BCUT2D eigenvalue weighted by molar-refractivity contribution is -0.147. The highest BCUT2D eigenvalue weighted by atomic mass is 16.4. The van der Waals surface area contributed by atoms with Gasteiger partial charge in [-0.15, -0.1) is 0 Å². The smallest absolute Gasteiger partial charge is 0.323 e. The number of carboxylic acid groups (broad SMARTS) is 2. The van der Waals surface area contributed by atoms with E-state index in [4.69, 9.17) is 20.2 Å². The van der Waals surface area contributed by atoms with E-state index in [0.717, 1.165) is 153 Å². The second kappa shape index (κ2) is 18.1. The van der Waals surface area contributed by atoms with Gasteiger partial charge in [-0.05, 0) is 88.6 Å². The number of fused-ring (bicyclic) bond motifs is 2. The number of carboxylic acids is 2. The van der Waals surface area contributed by atoms with Crippen LogP contribution in [0.2, 0.25) is 0 Å². The van der Waals surface area contributed by atoms with Crippen molar-refractivity contribution in [3.05, 3.63) is 46.8 Å². The fourth-order valence-corrected chi connectivity index (χ4v) is 8.09. The van der Waals surface area contributed by atoms with E-state index in [1.54, 1.807) is 0 Å². The van der Waals surface area contributed by atoms with Crippen LogP contribution in [-0.4, -0.2) is 143 Å². The number of unbranched alkanes of at least 4 members (excludes halogenated alkanes) is 4. The molecule has 1 amide bonds. The monoisotopic (exact) mass is 704 g/mol.